The lowest BCUT2D eigenvalue weighted by Gasteiger charge is -2.58. The van der Waals surface area contributed by atoms with E-state index in [1.807, 2.05) is 6.07 Å². The summed E-state index contributed by atoms with van der Waals surface area (Å²) in [7, 11) is 1.73. The molecule has 0 unspecified atom stereocenters. The maximum Gasteiger partial charge on any atom is 0.120 e. The molecule has 1 aliphatic heterocycles. The standard InChI is InChI=1S/C28H38N2O2/c1-17-26-25(29-30(17)19-6-5-7-21(15-19)32-4)16-24-22-9-8-18-14-20(31)10-12-27(18,2)23(22)11-13-28(24,26)3/h5-8,15,17,20,22-24,26,31H,9-14,16H2,1-4H3/t17-,20-,22+,23-,24-,26-,27-,28-/m0/s1. The van der Waals surface area contributed by atoms with Gasteiger partial charge in [0.15, 0.2) is 0 Å². The summed E-state index contributed by atoms with van der Waals surface area (Å²) in [4.78, 5) is 0. The van der Waals surface area contributed by atoms with Gasteiger partial charge >= 0.3 is 0 Å². The number of allylic oxidation sites excluding steroid dienone is 1. The molecule has 0 aromatic heterocycles. The van der Waals surface area contributed by atoms with Gasteiger partial charge in [-0.25, -0.2) is 0 Å². The van der Waals surface area contributed by atoms with Crippen molar-refractivity contribution in [3.8, 4) is 5.75 Å². The molecule has 172 valence electrons. The second-order valence-electron chi connectivity index (χ2n) is 11.8. The molecule has 1 heterocycles. The fraction of sp³-hybridized carbons (Fsp3) is 0.679. The second-order valence-corrected chi connectivity index (χ2v) is 11.8. The molecule has 8 atom stereocenters. The van der Waals surface area contributed by atoms with Gasteiger partial charge in [0, 0.05) is 17.7 Å². The normalized spacial score (nSPS) is 44.7. The third-order valence-corrected chi connectivity index (χ3v) is 10.4. The molecule has 0 radical (unpaired) electrons. The third-order valence-electron chi connectivity index (χ3n) is 10.4. The molecule has 0 spiro atoms. The number of hydrazone groups is 1. The van der Waals surface area contributed by atoms with Crippen LogP contribution in [-0.2, 0) is 0 Å². The highest BCUT2D eigenvalue weighted by molar-refractivity contribution is 5.94. The molecule has 0 saturated heterocycles. The molecule has 1 aromatic carbocycles. The van der Waals surface area contributed by atoms with Gasteiger partial charge in [-0.1, -0.05) is 31.6 Å². The Balaban J connectivity index is 1.32. The lowest BCUT2D eigenvalue weighted by atomic mass is 9.47. The van der Waals surface area contributed by atoms with E-state index in [0.717, 1.165) is 54.9 Å². The predicted molar refractivity (Wildman–Crippen MR) is 129 cm³/mol. The minimum absolute atomic E-state index is 0.122. The van der Waals surface area contributed by atoms with Crippen molar-refractivity contribution in [2.24, 2.45) is 39.6 Å². The SMILES string of the molecule is COc1cccc(N2N=C3C[C@H]4[C@@H]5CC=C6C[C@@H](O)CC[C@]6(C)[C@H]5CC[C@]4(C)[C@H]3[C@@H]2C)c1. The number of fused-ring (bicyclic) bond motifs is 7. The van der Waals surface area contributed by atoms with Crippen LogP contribution in [0.4, 0.5) is 5.69 Å². The molecule has 3 saturated carbocycles. The zero-order chi connectivity index (χ0) is 22.3. The molecule has 1 aromatic rings. The number of anilines is 1. The summed E-state index contributed by atoms with van der Waals surface area (Å²) >= 11 is 0. The first-order valence-electron chi connectivity index (χ1n) is 12.7. The van der Waals surface area contributed by atoms with Crippen molar-refractivity contribution in [2.75, 3.05) is 12.1 Å². The molecule has 0 bridgehead atoms. The minimum Gasteiger partial charge on any atom is -0.497 e. The van der Waals surface area contributed by atoms with Gasteiger partial charge in [-0.2, -0.15) is 5.10 Å². The van der Waals surface area contributed by atoms with Gasteiger partial charge in [0.05, 0.1) is 24.9 Å². The smallest absolute Gasteiger partial charge is 0.120 e. The molecular weight excluding hydrogens is 396 g/mol. The number of methoxy groups -OCH3 is 1. The highest BCUT2D eigenvalue weighted by Crippen LogP contribution is 2.67. The quantitative estimate of drug-likeness (QED) is 0.598. The molecule has 4 heteroatoms. The largest absolute Gasteiger partial charge is 0.497 e. The van der Waals surface area contributed by atoms with Crippen LogP contribution in [0.3, 0.4) is 0 Å². The molecule has 4 aliphatic carbocycles. The first-order chi connectivity index (χ1) is 15.3. The fourth-order valence-corrected chi connectivity index (χ4v) is 8.84. The Morgan fingerprint density at radius 3 is 2.78 bits per heavy atom. The summed E-state index contributed by atoms with van der Waals surface area (Å²) in [6.07, 6.45) is 10.5. The Morgan fingerprint density at radius 2 is 1.97 bits per heavy atom. The van der Waals surface area contributed by atoms with E-state index < -0.39 is 0 Å². The topological polar surface area (TPSA) is 45.1 Å². The Kier molecular flexibility index (Phi) is 4.60. The van der Waals surface area contributed by atoms with Crippen molar-refractivity contribution in [2.45, 2.75) is 77.9 Å². The molecule has 32 heavy (non-hydrogen) atoms. The maximum atomic E-state index is 10.3. The molecule has 5 aliphatic rings. The monoisotopic (exact) mass is 434 g/mol. The Hall–Kier alpha value is -1.81. The number of aliphatic hydroxyl groups is 1. The first-order valence-corrected chi connectivity index (χ1v) is 12.7. The van der Waals surface area contributed by atoms with Crippen molar-refractivity contribution in [3.63, 3.8) is 0 Å². The van der Waals surface area contributed by atoms with Gasteiger partial charge in [-0.05, 0) is 92.6 Å². The van der Waals surface area contributed by atoms with Gasteiger partial charge in [-0.3, -0.25) is 5.01 Å². The second kappa shape index (κ2) is 7.09. The number of aliphatic hydroxyl groups excluding tert-OH is 1. The molecular formula is C28H38N2O2. The van der Waals surface area contributed by atoms with Crippen molar-refractivity contribution in [1.82, 2.24) is 0 Å². The fourth-order valence-electron chi connectivity index (χ4n) is 8.84. The van der Waals surface area contributed by atoms with Crippen molar-refractivity contribution in [3.05, 3.63) is 35.9 Å². The number of rotatable bonds is 2. The summed E-state index contributed by atoms with van der Waals surface area (Å²) in [5, 5.41) is 17.8. The Labute approximate surface area is 192 Å². The average molecular weight is 435 g/mol. The van der Waals surface area contributed by atoms with Crippen molar-refractivity contribution < 1.29 is 9.84 Å². The van der Waals surface area contributed by atoms with Crippen LogP contribution in [-0.4, -0.2) is 30.1 Å². The van der Waals surface area contributed by atoms with Gasteiger partial charge in [-0.15, -0.1) is 0 Å². The number of hydrogen-bond donors (Lipinski definition) is 1. The average Bonchev–Trinajstić information content (AvgIpc) is 3.28. The van der Waals surface area contributed by atoms with Crippen LogP contribution in [0.5, 0.6) is 5.75 Å². The lowest BCUT2D eigenvalue weighted by molar-refractivity contribution is -0.0509. The van der Waals surface area contributed by atoms with Crippen LogP contribution in [0.2, 0.25) is 0 Å². The summed E-state index contributed by atoms with van der Waals surface area (Å²) in [6.45, 7) is 7.48. The highest BCUT2D eigenvalue weighted by Gasteiger charge is 2.63. The summed E-state index contributed by atoms with van der Waals surface area (Å²) in [5.41, 5.74) is 4.79. The molecule has 1 N–H and O–H groups in total. The van der Waals surface area contributed by atoms with Gasteiger partial charge in [0.1, 0.15) is 5.75 Å². The Bertz CT molecular complexity index is 985. The highest BCUT2D eigenvalue weighted by atomic mass is 16.5. The first kappa shape index (κ1) is 20.8. The zero-order valence-electron chi connectivity index (χ0n) is 20.1. The van der Waals surface area contributed by atoms with Crippen LogP contribution < -0.4 is 9.75 Å². The summed E-state index contributed by atoms with van der Waals surface area (Å²) in [6, 6.07) is 8.74. The van der Waals surface area contributed by atoms with E-state index in [9.17, 15) is 5.11 Å². The van der Waals surface area contributed by atoms with E-state index >= 15 is 0 Å². The summed E-state index contributed by atoms with van der Waals surface area (Å²) in [5.74, 6) is 3.72. The number of hydrogen-bond acceptors (Lipinski definition) is 4. The third kappa shape index (κ3) is 2.74. The zero-order valence-corrected chi connectivity index (χ0v) is 20.1. The molecule has 3 fully saturated rings. The van der Waals surface area contributed by atoms with E-state index in [4.69, 9.17) is 9.84 Å². The van der Waals surface area contributed by atoms with Crippen LogP contribution in [0, 0.1) is 34.5 Å². The van der Waals surface area contributed by atoms with Crippen molar-refractivity contribution >= 4 is 11.4 Å². The van der Waals surface area contributed by atoms with E-state index in [1.165, 1.54) is 25.0 Å². The number of nitrogens with zero attached hydrogens (tertiary/aromatic N) is 2. The number of ether oxygens (including phenoxy) is 1. The van der Waals surface area contributed by atoms with Crippen LogP contribution in [0.25, 0.3) is 0 Å². The number of benzene rings is 1. The van der Waals surface area contributed by atoms with E-state index in [-0.39, 0.29) is 6.10 Å². The molecule has 0 amide bonds. The summed E-state index contributed by atoms with van der Waals surface area (Å²) < 4.78 is 5.47. The van der Waals surface area contributed by atoms with Crippen LogP contribution in [0.1, 0.15) is 65.7 Å². The van der Waals surface area contributed by atoms with Crippen LogP contribution >= 0.6 is 0 Å². The maximum absolute atomic E-state index is 10.3. The van der Waals surface area contributed by atoms with Gasteiger partial charge in [0.2, 0.25) is 0 Å². The van der Waals surface area contributed by atoms with E-state index in [1.54, 1.807) is 12.7 Å². The van der Waals surface area contributed by atoms with Crippen molar-refractivity contribution in [1.29, 1.82) is 0 Å². The lowest BCUT2D eigenvalue weighted by Crippen LogP contribution is -2.52. The van der Waals surface area contributed by atoms with Gasteiger partial charge < -0.3 is 9.84 Å². The van der Waals surface area contributed by atoms with Crippen LogP contribution in [0.15, 0.2) is 41.0 Å². The Morgan fingerprint density at radius 1 is 1.12 bits per heavy atom. The molecule has 6 rings (SSSR count). The van der Waals surface area contributed by atoms with E-state index in [2.05, 4.69) is 50.1 Å². The predicted octanol–water partition coefficient (Wildman–Crippen LogP) is 5.81. The molecule has 4 nitrogen and oxygen atoms in total. The van der Waals surface area contributed by atoms with E-state index in [0.29, 0.717) is 22.8 Å². The van der Waals surface area contributed by atoms with Gasteiger partial charge in [0.25, 0.3) is 0 Å². The minimum atomic E-state index is -0.122.